The monoisotopic (exact) mass is 329 g/mol. The van der Waals surface area contributed by atoms with Gasteiger partial charge in [0.1, 0.15) is 5.78 Å². The Balaban J connectivity index is 1.86. The van der Waals surface area contributed by atoms with E-state index in [1.54, 1.807) is 0 Å². The van der Waals surface area contributed by atoms with E-state index in [9.17, 15) is 4.79 Å². The van der Waals surface area contributed by atoms with Crippen LogP contribution in [0.15, 0.2) is 54.6 Å². The van der Waals surface area contributed by atoms with Crippen molar-refractivity contribution in [2.75, 3.05) is 0 Å². The van der Waals surface area contributed by atoms with Gasteiger partial charge in [-0.05, 0) is 40.5 Å². The Bertz CT molecular complexity index is 869. The molecule has 0 bridgehead atoms. The highest BCUT2D eigenvalue weighted by Crippen LogP contribution is 2.82. The highest BCUT2D eigenvalue weighted by atomic mass is 16.1. The molecule has 0 spiro atoms. The molecule has 0 saturated heterocycles. The normalized spacial score (nSPS) is 30.6. The summed E-state index contributed by atoms with van der Waals surface area (Å²) in [5.74, 6) is 0.259. The average Bonchev–Trinajstić information content (AvgIpc) is 3.19. The summed E-state index contributed by atoms with van der Waals surface area (Å²) in [6.45, 7) is 6.81. The van der Waals surface area contributed by atoms with Crippen LogP contribution < -0.4 is 0 Å². The molecule has 0 radical (unpaired) electrons. The predicted octanol–water partition coefficient (Wildman–Crippen LogP) is 4.99. The lowest BCUT2D eigenvalue weighted by Crippen LogP contribution is -2.32. The zero-order valence-electron chi connectivity index (χ0n) is 15.0. The number of rotatable bonds is 2. The number of carbonyl (C=O) groups excluding carboxylic acids is 1. The van der Waals surface area contributed by atoms with Crippen molar-refractivity contribution in [3.8, 4) is 6.07 Å². The smallest absolute Gasteiger partial charge is 0.141 e. The Morgan fingerprint density at radius 3 is 2.24 bits per heavy atom. The van der Waals surface area contributed by atoms with E-state index in [4.69, 9.17) is 5.26 Å². The maximum absolute atomic E-state index is 13.1. The first-order valence-electron chi connectivity index (χ1n) is 8.94. The molecule has 0 aliphatic heterocycles. The Morgan fingerprint density at radius 1 is 1.04 bits per heavy atom. The van der Waals surface area contributed by atoms with Gasteiger partial charge in [0.25, 0.3) is 0 Å². The van der Waals surface area contributed by atoms with Crippen molar-refractivity contribution in [1.29, 1.82) is 5.26 Å². The second kappa shape index (κ2) is 5.05. The van der Waals surface area contributed by atoms with Crippen molar-refractivity contribution in [3.05, 3.63) is 71.3 Å². The summed E-state index contributed by atoms with van der Waals surface area (Å²) in [5.41, 5.74) is 2.94. The molecule has 0 N–H and O–H groups in total. The summed E-state index contributed by atoms with van der Waals surface area (Å²) in [6.07, 6.45) is 1.68. The minimum atomic E-state index is -0.0829. The fourth-order valence-electron chi connectivity index (χ4n) is 5.56. The summed E-state index contributed by atoms with van der Waals surface area (Å²) in [6, 6.07) is 20.4. The van der Waals surface area contributed by atoms with E-state index in [0.29, 0.717) is 17.8 Å². The van der Waals surface area contributed by atoms with E-state index >= 15 is 0 Å². The van der Waals surface area contributed by atoms with Crippen LogP contribution >= 0.6 is 0 Å². The topological polar surface area (TPSA) is 40.9 Å². The molecule has 25 heavy (non-hydrogen) atoms. The number of Topliss-reactive ketones (excluding diaryl/α,β-unsaturated/α-hetero) is 1. The van der Waals surface area contributed by atoms with Crippen molar-refractivity contribution in [1.82, 2.24) is 0 Å². The van der Waals surface area contributed by atoms with Gasteiger partial charge in [-0.1, -0.05) is 63.2 Å². The van der Waals surface area contributed by atoms with Gasteiger partial charge in [0.05, 0.1) is 11.6 Å². The molecule has 0 amide bonds. The van der Waals surface area contributed by atoms with E-state index < -0.39 is 0 Å². The van der Waals surface area contributed by atoms with Gasteiger partial charge in [0.15, 0.2) is 0 Å². The predicted molar refractivity (Wildman–Crippen MR) is 98.1 cm³/mol. The van der Waals surface area contributed by atoms with Crippen molar-refractivity contribution in [2.45, 2.75) is 44.9 Å². The van der Waals surface area contributed by atoms with Crippen LogP contribution in [0.5, 0.6) is 0 Å². The standard InChI is InChI=1S/C23H23NO/c1-21(2,3)23-15-22(23,18-7-5-4-6-8-18)13-19(25)20(23)17-11-9-16(14-24)10-12-17/h4-12,20H,13,15H2,1-3H3/t20-,22-,23-/m0/s1. The van der Waals surface area contributed by atoms with Crippen molar-refractivity contribution < 1.29 is 4.79 Å². The molecule has 126 valence electrons. The Kier molecular flexibility index (Phi) is 3.25. The van der Waals surface area contributed by atoms with E-state index in [1.165, 1.54) is 5.56 Å². The van der Waals surface area contributed by atoms with Gasteiger partial charge in [0, 0.05) is 17.8 Å². The number of ketones is 1. The van der Waals surface area contributed by atoms with Gasteiger partial charge in [-0.25, -0.2) is 0 Å². The number of nitriles is 1. The van der Waals surface area contributed by atoms with Gasteiger partial charge >= 0.3 is 0 Å². The Labute approximate surface area is 149 Å². The number of nitrogens with zero attached hydrogens (tertiary/aromatic N) is 1. The minimum Gasteiger partial charge on any atom is -0.299 e. The van der Waals surface area contributed by atoms with E-state index in [0.717, 1.165) is 12.0 Å². The van der Waals surface area contributed by atoms with Gasteiger partial charge in [-0.15, -0.1) is 0 Å². The molecule has 2 nitrogen and oxygen atoms in total. The third-order valence-electron chi connectivity index (χ3n) is 6.64. The first-order chi connectivity index (χ1) is 11.9. The fraction of sp³-hybridized carbons (Fsp3) is 0.391. The first-order valence-corrected chi connectivity index (χ1v) is 8.94. The summed E-state index contributed by atoms with van der Waals surface area (Å²) < 4.78 is 0. The molecule has 3 atom stereocenters. The minimum absolute atomic E-state index is 0.0214. The SMILES string of the molecule is CC(C)(C)[C@@]12C[C@]1(c1ccccc1)CC(=O)[C@@H]2c1ccc(C#N)cc1. The average molecular weight is 329 g/mol. The first kappa shape index (κ1) is 16.1. The van der Waals surface area contributed by atoms with Crippen LogP contribution in [0.25, 0.3) is 0 Å². The van der Waals surface area contributed by atoms with Crippen molar-refractivity contribution in [2.24, 2.45) is 10.8 Å². The van der Waals surface area contributed by atoms with Crippen LogP contribution in [-0.4, -0.2) is 5.78 Å². The van der Waals surface area contributed by atoms with Crippen LogP contribution in [0.4, 0.5) is 0 Å². The molecular formula is C23H23NO. The third kappa shape index (κ3) is 1.99. The molecule has 2 saturated carbocycles. The zero-order valence-corrected chi connectivity index (χ0v) is 15.0. The number of hydrogen-bond donors (Lipinski definition) is 0. The second-order valence-electron chi connectivity index (χ2n) is 8.66. The van der Waals surface area contributed by atoms with Gasteiger partial charge in [-0.3, -0.25) is 4.79 Å². The maximum atomic E-state index is 13.1. The van der Waals surface area contributed by atoms with Crippen molar-refractivity contribution in [3.63, 3.8) is 0 Å². The molecule has 0 unspecified atom stereocenters. The Morgan fingerprint density at radius 2 is 1.68 bits per heavy atom. The number of benzene rings is 2. The highest BCUT2D eigenvalue weighted by molar-refractivity contribution is 5.94. The number of hydrogen-bond acceptors (Lipinski definition) is 2. The van der Waals surface area contributed by atoms with Gasteiger partial charge < -0.3 is 0 Å². The van der Waals surface area contributed by atoms with E-state index in [2.05, 4.69) is 51.1 Å². The molecule has 2 aromatic carbocycles. The molecule has 2 heteroatoms. The molecular weight excluding hydrogens is 306 g/mol. The quantitative estimate of drug-likeness (QED) is 0.779. The number of fused-ring (bicyclic) bond motifs is 1. The molecule has 0 aromatic heterocycles. The van der Waals surface area contributed by atoms with Crippen LogP contribution in [-0.2, 0) is 10.2 Å². The fourth-order valence-corrected chi connectivity index (χ4v) is 5.56. The molecule has 2 aliphatic carbocycles. The van der Waals surface area contributed by atoms with Crippen LogP contribution in [0.3, 0.4) is 0 Å². The van der Waals surface area contributed by atoms with Crippen LogP contribution in [0.2, 0.25) is 0 Å². The van der Waals surface area contributed by atoms with E-state index in [1.807, 2.05) is 30.3 Å². The third-order valence-corrected chi connectivity index (χ3v) is 6.64. The van der Waals surface area contributed by atoms with Gasteiger partial charge in [-0.2, -0.15) is 5.26 Å². The lowest BCUT2D eigenvalue weighted by molar-refractivity contribution is -0.120. The van der Waals surface area contributed by atoms with Crippen molar-refractivity contribution >= 4 is 5.78 Å². The van der Waals surface area contributed by atoms with Crippen LogP contribution in [0.1, 0.15) is 56.2 Å². The summed E-state index contributed by atoms with van der Waals surface area (Å²) in [5, 5.41) is 9.06. The molecule has 2 aliphatic rings. The summed E-state index contributed by atoms with van der Waals surface area (Å²) >= 11 is 0. The number of carbonyl (C=O) groups is 1. The molecule has 2 aromatic rings. The molecule has 0 heterocycles. The molecule has 4 rings (SSSR count). The lowest BCUT2D eigenvalue weighted by atomic mass is 9.65. The largest absolute Gasteiger partial charge is 0.299 e. The Hall–Kier alpha value is -2.40. The van der Waals surface area contributed by atoms with Gasteiger partial charge in [0.2, 0.25) is 0 Å². The molecule has 2 fully saturated rings. The van der Waals surface area contributed by atoms with E-state index in [-0.39, 0.29) is 22.2 Å². The highest BCUT2D eigenvalue weighted by Gasteiger charge is 2.80. The summed E-state index contributed by atoms with van der Waals surface area (Å²) in [7, 11) is 0. The van der Waals surface area contributed by atoms with Crippen LogP contribution in [0, 0.1) is 22.2 Å². The zero-order chi connectivity index (χ0) is 17.9. The lowest BCUT2D eigenvalue weighted by Gasteiger charge is -2.37. The summed E-state index contributed by atoms with van der Waals surface area (Å²) in [4.78, 5) is 13.1. The maximum Gasteiger partial charge on any atom is 0.141 e. The second-order valence-corrected chi connectivity index (χ2v) is 8.66.